The summed E-state index contributed by atoms with van der Waals surface area (Å²) in [6, 6.07) is 18.5. The number of likely N-dealkylation sites (tertiary alicyclic amines) is 1. The van der Waals surface area contributed by atoms with Gasteiger partial charge in [-0.3, -0.25) is 9.59 Å². The molecule has 1 heterocycles. The fourth-order valence-corrected chi connectivity index (χ4v) is 4.43. The van der Waals surface area contributed by atoms with Crippen molar-refractivity contribution in [1.29, 1.82) is 0 Å². The van der Waals surface area contributed by atoms with Crippen molar-refractivity contribution in [1.82, 2.24) is 9.80 Å². The summed E-state index contributed by atoms with van der Waals surface area (Å²) in [7, 11) is 5.17. The van der Waals surface area contributed by atoms with Gasteiger partial charge < -0.3 is 29.5 Å². The molecule has 0 aliphatic carbocycles. The summed E-state index contributed by atoms with van der Waals surface area (Å²) in [5, 5.41) is 21.4. The van der Waals surface area contributed by atoms with Gasteiger partial charge in [0.1, 0.15) is 18.1 Å². The van der Waals surface area contributed by atoms with Gasteiger partial charge in [-0.25, -0.2) is 0 Å². The smallest absolute Gasteiger partial charge is 0.295 e. The molecule has 8 heteroatoms. The third-order valence-corrected chi connectivity index (χ3v) is 6.63. The number of methoxy groups -OCH3 is 1. The number of benzene rings is 3. The van der Waals surface area contributed by atoms with Crippen molar-refractivity contribution in [2.45, 2.75) is 19.6 Å². The van der Waals surface area contributed by atoms with E-state index in [0.29, 0.717) is 30.0 Å². The molecule has 0 bridgehead atoms. The Labute approximate surface area is 222 Å². The number of aromatic hydroxyl groups is 1. The fraction of sp³-hybridized carbons (Fsp3) is 0.267. The number of hydrogen-bond donors (Lipinski definition) is 2. The number of rotatable bonds is 9. The SMILES string of the molecule is COc1cc([C@H]2/C(=C(\O)c3ccc(OCc4ccccc4C)cc3)C(=O)C(=O)N2CCN(C)C)ccc1O. The molecule has 0 spiro atoms. The fourth-order valence-electron chi connectivity index (χ4n) is 4.43. The Morgan fingerprint density at radius 3 is 2.39 bits per heavy atom. The van der Waals surface area contributed by atoms with Crippen LogP contribution >= 0.6 is 0 Å². The number of hydrogen-bond acceptors (Lipinski definition) is 7. The number of nitrogens with zero attached hydrogens (tertiary/aromatic N) is 2. The van der Waals surface area contributed by atoms with Gasteiger partial charge in [0, 0.05) is 18.7 Å². The van der Waals surface area contributed by atoms with Crippen molar-refractivity contribution in [2.24, 2.45) is 0 Å². The van der Waals surface area contributed by atoms with Crippen LogP contribution in [0.15, 0.2) is 72.3 Å². The van der Waals surface area contributed by atoms with Gasteiger partial charge in [-0.05, 0) is 74.1 Å². The molecule has 0 radical (unpaired) electrons. The third-order valence-electron chi connectivity index (χ3n) is 6.63. The van der Waals surface area contributed by atoms with E-state index in [4.69, 9.17) is 9.47 Å². The summed E-state index contributed by atoms with van der Waals surface area (Å²) in [6.45, 7) is 3.21. The number of phenolic OH excluding ortho intramolecular Hbond substituents is 1. The number of ether oxygens (including phenoxy) is 2. The average Bonchev–Trinajstić information content (AvgIpc) is 3.16. The molecule has 1 aliphatic heterocycles. The van der Waals surface area contributed by atoms with Crippen LogP contribution in [0.25, 0.3) is 5.76 Å². The van der Waals surface area contributed by atoms with Crippen LogP contribution in [0, 0.1) is 6.92 Å². The van der Waals surface area contributed by atoms with Crippen LogP contribution < -0.4 is 9.47 Å². The zero-order valence-corrected chi connectivity index (χ0v) is 22.0. The van der Waals surface area contributed by atoms with Gasteiger partial charge in [0.2, 0.25) is 0 Å². The number of ketones is 1. The van der Waals surface area contributed by atoms with Crippen molar-refractivity contribution in [3.8, 4) is 17.2 Å². The van der Waals surface area contributed by atoms with E-state index in [9.17, 15) is 19.8 Å². The van der Waals surface area contributed by atoms with Crippen LogP contribution in [-0.2, 0) is 16.2 Å². The van der Waals surface area contributed by atoms with E-state index in [1.54, 1.807) is 36.4 Å². The predicted molar refractivity (Wildman–Crippen MR) is 144 cm³/mol. The molecule has 0 saturated carbocycles. The number of amides is 1. The van der Waals surface area contributed by atoms with Crippen LogP contribution in [0.3, 0.4) is 0 Å². The van der Waals surface area contributed by atoms with Gasteiger partial charge in [-0.15, -0.1) is 0 Å². The molecule has 1 fully saturated rings. The van der Waals surface area contributed by atoms with E-state index in [1.165, 1.54) is 18.1 Å². The summed E-state index contributed by atoms with van der Waals surface area (Å²) < 4.78 is 11.1. The minimum atomic E-state index is -0.846. The van der Waals surface area contributed by atoms with Crippen LogP contribution in [-0.4, -0.2) is 66.0 Å². The Bertz CT molecular complexity index is 1360. The summed E-state index contributed by atoms with van der Waals surface area (Å²) in [5.74, 6) is -0.991. The molecule has 38 heavy (non-hydrogen) atoms. The number of carbonyl (C=O) groups is 2. The quantitative estimate of drug-likeness (QED) is 0.249. The first-order valence-corrected chi connectivity index (χ1v) is 12.3. The molecule has 1 aliphatic rings. The summed E-state index contributed by atoms with van der Waals surface area (Å²) >= 11 is 0. The largest absolute Gasteiger partial charge is 0.507 e. The molecule has 8 nitrogen and oxygen atoms in total. The summed E-state index contributed by atoms with van der Waals surface area (Å²) in [4.78, 5) is 29.6. The molecule has 2 N–H and O–H groups in total. The number of aryl methyl sites for hydroxylation is 1. The van der Waals surface area contributed by atoms with Crippen molar-refractivity contribution in [3.05, 3.63) is 94.6 Å². The monoisotopic (exact) mass is 516 g/mol. The first-order chi connectivity index (χ1) is 18.2. The highest BCUT2D eigenvalue weighted by atomic mass is 16.5. The maximum Gasteiger partial charge on any atom is 0.295 e. The van der Waals surface area contributed by atoms with E-state index < -0.39 is 17.7 Å². The molecular formula is C30H32N2O6. The predicted octanol–water partition coefficient (Wildman–Crippen LogP) is 4.27. The molecule has 3 aromatic rings. The molecule has 3 aromatic carbocycles. The zero-order valence-electron chi connectivity index (χ0n) is 22.0. The molecular weight excluding hydrogens is 484 g/mol. The molecule has 0 aromatic heterocycles. The van der Waals surface area contributed by atoms with Gasteiger partial charge in [0.15, 0.2) is 11.5 Å². The minimum Gasteiger partial charge on any atom is -0.507 e. The number of aliphatic hydroxyl groups is 1. The zero-order chi connectivity index (χ0) is 27.4. The Balaban J connectivity index is 1.68. The van der Waals surface area contributed by atoms with Gasteiger partial charge in [-0.1, -0.05) is 30.3 Å². The lowest BCUT2D eigenvalue weighted by atomic mass is 9.95. The Morgan fingerprint density at radius 1 is 1.03 bits per heavy atom. The molecule has 1 amide bonds. The van der Waals surface area contributed by atoms with Gasteiger partial charge in [0.05, 0.1) is 18.7 Å². The molecule has 0 unspecified atom stereocenters. The number of carbonyl (C=O) groups excluding carboxylic acids is 2. The first-order valence-electron chi connectivity index (χ1n) is 12.3. The Kier molecular flexibility index (Phi) is 8.02. The third kappa shape index (κ3) is 5.50. The van der Waals surface area contributed by atoms with Crippen LogP contribution in [0.4, 0.5) is 0 Å². The lowest BCUT2D eigenvalue weighted by molar-refractivity contribution is -0.140. The number of likely N-dealkylation sites (N-methyl/N-ethyl adjacent to an activating group) is 1. The lowest BCUT2D eigenvalue weighted by Crippen LogP contribution is -2.35. The van der Waals surface area contributed by atoms with Gasteiger partial charge >= 0.3 is 0 Å². The molecule has 1 atom stereocenters. The molecule has 4 rings (SSSR count). The highest BCUT2D eigenvalue weighted by molar-refractivity contribution is 6.46. The Morgan fingerprint density at radius 2 is 1.74 bits per heavy atom. The van der Waals surface area contributed by atoms with Crippen LogP contribution in [0.5, 0.6) is 17.2 Å². The van der Waals surface area contributed by atoms with E-state index in [-0.39, 0.29) is 29.4 Å². The minimum absolute atomic E-state index is 0.0184. The number of aliphatic hydroxyl groups excluding tert-OH is 1. The van der Waals surface area contributed by atoms with Gasteiger partial charge in [0.25, 0.3) is 11.7 Å². The first kappa shape index (κ1) is 26.8. The van der Waals surface area contributed by atoms with Crippen molar-refractivity contribution >= 4 is 17.4 Å². The molecule has 198 valence electrons. The van der Waals surface area contributed by atoms with E-state index in [1.807, 2.05) is 50.2 Å². The van der Waals surface area contributed by atoms with Crippen LogP contribution in [0.1, 0.15) is 28.3 Å². The summed E-state index contributed by atoms with van der Waals surface area (Å²) in [5.41, 5.74) is 3.11. The van der Waals surface area contributed by atoms with E-state index in [2.05, 4.69) is 0 Å². The second kappa shape index (κ2) is 11.4. The van der Waals surface area contributed by atoms with E-state index >= 15 is 0 Å². The normalized spacial score (nSPS) is 16.8. The van der Waals surface area contributed by atoms with Gasteiger partial charge in [-0.2, -0.15) is 0 Å². The second-order valence-electron chi connectivity index (χ2n) is 9.47. The standard InChI is InChI=1S/C30H32N2O6/c1-19-7-5-6-8-22(19)18-38-23-12-9-20(10-13-23)28(34)26-27(21-11-14-24(33)25(17-21)37-4)32(16-15-31(2)3)30(36)29(26)35/h5-14,17,27,33-34H,15-16,18H2,1-4H3/b28-26+/t27-/m0/s1. The molecule has 1 saturated heterocycles. The maximum absolute atomic E-state index is 13.2. The lowest BCUT2D eigenvalue weighted by Gasteiger charge is -2.27. The maximum atomic E-state index is 13.2. The van der Waals surface area contributed by atoms with Crippen LogP contribution in [0.2, 0.25) is 0 Å². The van der Waals surface area contributed by atoms with Crippen molar-refractivity contribution in [2.75, 3.05) is 34.3 Å². The number of Topliss-reactive ketones (excluding diaryl/α,β-unsaturated/α-hetero) is 1. The summed E-state index contributed by atoms with van der Waals surface area (Å²) in [6.07, 6.45) is 0. The highest BCUT2D eigenvalue weighted by Gasteiger charge is 2.46. The van der Waals surface area contributed by atoms with E-state index in [0.717, 1.165) is 11.1 Å². The number of phenols is 1. The average molecular weight is 517 g/mol. The van der Waals surface area contributed by atoms with Crippen molar-refractivity contribution < 1.29 is 29.3 Å². The second-order valence-corrected chi connectivity index (χ2v) is 9.47. The highest BCUT2D eigenvalue weighted by Crippen LogP contribution is 2.41. The topological polar surface area (TPSA) is 99.5 Å². The van der Waals surface area contributed by atoms with Crippen molar-refractivity contribution in [3.63, 3.8) is 0 Å². The Hall–Kier alpha value is -4.30.